The van der Waals surface area contributed by atoms with E-state index in [9.17, 15) is 4.80 Å². The number of rotatable bonds is 9. The molecular weight excluding hydrogens is 323 g/mol. The topological polar surface area (TPSA) is 89.4 Å². The van der Waals surface area contributed by atoms with Gasteiger partial charge in [-0.2, -0.15) is 15.0 Å². The van der Waals surface area contributed by atoms with Crippen LogP contribution in [0.3, 0.4) is 0 Å². The number of anilines is 1. The van der Waals surface area contributed by atoms with E-state index < -0.39 is 8.80 Å². The van der Waals surface area contributed by atoms with Gasteiger partial charge < -0.3 is 19.0 Å². The standard InChI is InChI=1S/C10H18Cl2N4O3Si/c1-3-18-20(17,19-4-2)7-5-6-13-10-15-8(11)14-9(12)16-10/h17H,3-7H2,1-2H3,(H,13,14,15,16). The van der Waals surface area contributed by atoms with Crippen molar-refractivity contribution in [2.45, 2.75) is 26.3 Å². The molecule has 0 unspecified atom stereocenters. The van der Waals surface area contributed by atoms with Crippen molar-refractivity contribution in [1.29, 1.82) is 0 Å². The lowest BCUT2D eigenvalue weighted by Crippen LogP contribution is -2.42. The molecular formula is C10H18Cl2N4O3Si. The van der Waals surface area contributed by atoms with Crippen molar-refractivity contribution in [3.05, 3.63) is 10.6 Å². The summed E-state index contributed by atoms with van der Waals surface area (Å²) in [4.78, 5) is 21.6. The van der Waals surface area contributed by atoms with Crippen LogP contribution in [-0.4, -0.2) is 48.3 Å². The maximum Gasteiger partial charge on any atom is 0.498 e. The number of nitrogens with zero attached hydrogens (tertiary/aromatic N) is 3. The van der Waals surface area contributed by atoms with Gasteiger partial charge in [0, 0.05) is 25.8 Å². The van der Waals surface area contributed by atoms with Gasteiger partial charge in [-0.1, -0.05) is 0 Å². The van der Waals surface area contributed by atoms with E-state index >= 15 is 0 Å². The van der Waals surface area contributed by atoms with E-state index in [2.05, 4.69) is 20.3 Å². The molecule has 0 bridgehead atoms. The fourth-order valence-electron chi connectivity index (χ4n) is 1.55. The maximum atomic E-state index is 10.2. The van der Waals surface area contributed by atoms with Crippen LogP contribution in [0.2, 0.25) is 16.6 Å². The third kappa shape index (κ3) is 6.29. The van der Waals surface area contributed by atoms with Crippen molar-refractivity contribution in [1.82, 2.24) is 15.0 Å². The molecule has 0 saturated carbocycles. The lowest BCUT2D eigenvalue weighted by molar-refractivity contribution is 0.108. The van der Waals surface area contributed by atoms with Crippen LogP contribution in [0.4, 0.5) is 5.95 Å². The van der Waals surface area contributed by atoms with E-state index in [1.54, 1.807) is 0 Å². The van der Waals surface area contributed by atoms with Crippen LogP contribution in [0.25, 0.3) is 0 Å². The van der Waals surface area contributed by atoms with Gasteiger partial charge in [-0.05, 0) is 43.5 Å². The van der Waals surface area contributed by atoms with Gasteiger partial charge in [-0.25, -0.2) is 0 Å². The van der Waals surface area contributed by atoms with Gasteiger partial charge in [0.2, 0.25) is 16.5 Å². The van der Waals surface area contributed by atoms with Gasteiger partial charge in [0.15, 0.2) is 0 Å². The Kier molecular flexibility index (Phi) is 7.63. The van der Waals surface area contributed by atoms with E-state index in [1.165, 1.54) is 0 Å². The summed E-state index contributed by atoms with van der Waals surface area (Å²) < 4.78 is 10.6. The highest BCUT2D eigenvalue weighted by Gasteiger charge is 2.35. The zero-order valence-electron chi connectivity index (χ0n) is 11.4. The molecule has 0 atom stereocenters. The van der Waals surface area contributed by atoms with E-state index in [1.807, 2.05) is 13.8 Å². The first-order valence-corrected chi connectivity index (χ1v) is 9.03. The van der Waals surface area contributed by atoms with Crippen LogP contribution in [0.15, 0.2) is 0 Å². The smallest absolute Gasteiger partial charge is 0.390 e. The number of nitrogens with one attached hydrogen (secondary N) is 1. The number of aromatic nitrogens is 3. The molecule has 1 rings (SSSR count). The Bertz CT molecular complexity index is 401. The first-order chi connectivity index (χ1) is 9.49. The second kappa shape index (κ2) is 8.70. The lowest BCUT2D eigenvalue weighted by atomic mass is 10.5. The number of halogens is 2. The van der Waals surface area contributed by atoms with Gasteiger partial charge >= 0.3 is 8.80 Å². The van der Waals surface area contributed by atoms with Crippen LogP contribution in [0.5, 0.6) is 0 Å². The fourth-order valence-corrected chi connectivity index (χ4v) is 3.82. The average Bonchev–Trinajstić information content (AvgIpc) is 2.34. The monoisotopic (exact) mass is 340 g/mol. The molecule has 1 aromatic rings. The minimum Gasteiger partial charge on any atom is -0.390 e. The second-order valence-corrected chi connectivity index (χ2v) is 6.98. The summed E-state index contributed by atoms with van der Waals surface area (Å²) in [6, 6.07) is 0.453. The molecule has 0 aliphatic carbocycles. The number of hydrogen-bond acceptors (Lipinski definition) is 7. The molecule has 0 spiro atoms. The molecule has 1 aromatic heterocycles. The maximum absolute atomic E-state index is 10.2. The predicted octanol–water partition coefficient (Wildman–Crippen LogP) is 1.98. The summed E-state index contributed by atoms with van der Waals surface area (Å²) in [5.41, 5.74) is 0. The van der Waals surface area contributed by atoms with Crippen molar-refractivity contribution in [3.63, 3.8) is 0 Å². The predicted molar refractivity (Wildman–Crippen MR) is 79.0 cm³/mol. The molecule has 0 fully saturated rings. The lowest BCUT2D eigenvalue weighted by Gasteiger charge is -2.22. The van der Waals surface area contributed by atoms with Gasteiger partial charge in [0.25, 0.3) is 0 Å². The molecule has 0 aliphatic heterocycles. The first kappa shape index (κ1) is 17.5. The minimum absolute atomic E-state index is 0.0296. The zero-order chi connectivity index (χ0) is 15.0. The molecule has 0 aromatic carbocycles. The molecule has 7 nitrogen and oxygen atoms in total. The Morgan fingerprint density at radius 3 is 2.15 bits per heavy atom. The van der Waals surface area contributed by atoms with Crippen molar-refractivity contribution < 1.29 is 13.6 Å². The Hall–Kier alpha value is -0.513. The summed E-state index contributed by atoms with van der Waals surface area (Å²) in [5.74, 6) is 0.299. The van der Waals surface area contributed by atoms with Crippen molar-refractivity contribution in [3.8, 4) is 0 Å². The van der Waals surface area contributed by atoms with E-state index in [4.69, 9.17) is 32.1 Å². The van der Waals surface area contributed by atoms with Gasteiger partial charge in [-0.15, -0.1) is 0 Å². The normalized spacial score (nSPS) is 11.7. The Labute approximate surface area is 129 Å². The Balaban J connectivity index is 2.39. The average molecular weight is 341 g/mol. The van der Waals surface area contributed by atoms with Crippen LogP contribution in [0.1, 0.15) is 20.3 Å². The van der Waals surface area contributed by atoms with E-state index in [0.717, 1.165) is 0 Å². The third-order valence-electron chi connectivity index (χ3n) is 2.27. The van der Waals surface area contributed by atoms with Gasteiger partial charge in [0.05, 0.1) is 0 Å². The summed E-state index contributed by atoms with van der Waals surface area (Å²) in [6.07, 6.45) is 0.643. The SMILES string of the molecule is CCO[Si](O)(CCCNc1nc(Cl)nc(Cl)n1)OCC. The van der Waals surface area contributed by atoms with Crippen molar-refractivity contribution in [2.24, 2.45) is 0 Å². The summed E-state index contributed by atoms with van der Waals surface area (Å²) >= 11 is 11.3. The molecule has 0 aliphatic rings. The molecule has 0 saturated heterocycles. The largest absolute Gasteiger partial charge is 0.498 e. The van der Waals surface area contributed by atoms with Crippen molar-refractivity contribution in [2.75, 3.05) is 25.1 Å². The van der Waals surface area contributed by atoms with Crippen LogP contribution in [0, 0.1) is 0 Å². The van der Waals surface area contributed by atoms with Crippen LogP contribution < -0.4 is 5.32 Å². The van der Waals surface area contributed by atoms with E-state index in [-0.39, 0.29) is 10.6 Å². The summed E-state index contributed by atoms with van der Waals surface area (Å²) in [7, 11) is -3.05. The molecule has 0 radical (unpaired) electrons. The quantitative estimate of drug-likeness (QED) is 0.524. The van der Waals surface area contributed by atoms with Gasteiger partial charge in [-0.3, -0.25) is 0 Å². The highest BCUT2D eigenvalue weighted by molar-refractivity contribution is 6.59. The van der Waals surface area contributed by atoms with Crippen molar-refractivity contribution >= 4 is 38.0 Å². The second-order valence-electron chi connectivity index (χ2n) is 3.81. The van der Waals surface area contributed by atoms with Crippen LogP contribution >= 0.6 is 23.2 Å². The summed E-state index contributed by atoms with van der Waals surface area (Å²) in [6.45, 7) is 5.03. The zero-order valence-corrected chi connectivity index (χ0v) is 13.9. The fraction of sp³-hybridized carbons (Fsp3) is 0.700. The van der Waals surface area contributed by atoms with Crippen LogP contribution in [-0.2, 0) is 8.85 Å². The molecule has 1 heterocycles. The molecule has 20 heavy (non-hydrogen) atoms. The minimum atomic E-state index is -3.05. The summed E-state index contributed by atoms with van der Waals surface area (Å²) in [5, 5.41) is 3.01. The molecule has 10 heteroatoms. The Morgan fingerprint density at radius 1 is 1.10 bits per heavy atom. The highest BCUT2D eigenvalue weighted by atomic mass is 35.5. The van der Waals surface area contributed by atoms with E-state index in [0.29, 0.717) is 38.2 Å². The molecule has 2 N–H and O–H groups in total. The van der Waals surface area contributed by atoms with Gasteiger partial charge in [0.1, 0.15) is 0 Å². The highest BCUT2D eigenvalue weighted by Crippen LogP contribution is 2.14. The Morgan fingerprint density at radius 2 is 1.65 bits per heavy atom. The first-order valence-electron chi connectivity index (χ1n) is 6.30. The third-order valence-corrected chi connectivity index (χ3v) is 5.08. The number of hydrogen-bond donors (Lipinski definition) is 2. The molecule has 0 amide bonds. The molecule has 114 valence electrons.